The highest BCUT2D eigenvalue weighted by atomic mass is 32.1. The maximum absolute atomic E-state index is 13.7. The number of hydrogen-bond acceptors (Lipinski definition) is 4. The summed E-state index contributed by atoms with van der Waals surface area (Å²) in [4.78, 5) is 30.4. The van der Waals surface area contributed by atoms with E-state index < -0.39 is 0 Å². The molecule has 0 radical (unpaired) electrons. The monoisotopic (exact) mass is 633 g/mol. The molecule has 2 unspecified atom stereocenters. The molecule has 0 saturated carbocycles. The zero-order valence-electron chi connectivity index (χ0n) is 27.2. The van der Waals surface area contributed by atoms with Gasteiger partial charge in [0, 0.05) is 39.7 Å². The average Bonchev–Trinajstić information content (AvgIpc) is 3.73. The molecule has 3 amide bonds. The SMILES string of the molecule is Cc1ccc(-n2nc(C(C)(C)C)cc2NC(=O)Nc2cccc(CC3CC4CCC(C3)N4C(=O)C3=Cc4sccc4CC3)c2)cc1. The van der Waals surface area contributed by atoms with Crippen LogP contribution in [0.25, 0.3) is 11.8 Å². The highest BCUT2D eigenvalue weighted by Gasteiger charge is 2.43. The van der Waals surface area contributed by atoms with E-state index in [9.17, 15) is 9.59 Å². The molecule has 8 heteroatoms. The number of aromatic nitrogens is 2. The Morgan fingerprint density at radius 2 is 1.72 bits per heavy atom. The summed E-state index contributed by atoms with van der Waals surface area (Å²) in [6, 6.07) is 20.8. The molecule has 4 heterocycles. The second-order valence-electron chi connectivity index (χ2n) is 14.3. The molecule has 2 aliphatic heterocycles. The fourth-order valence-electron chi connectivity index (χ4n) is 7.41. The minimum atomic E-state index is -0.303. The van der Waals surface area contributed by atoms with Gasteiger partial charge in [-0.1, -0.05) is 50.6 Å². The zero-order chi connectivity index (χ0) is 32.0. The van der Waals surface area contributed by atoms with Crippen molar-refractivity contribution in [3.8, 4) is 5.69 Å². The third kappa shape index (κ3) is 6.27. The maximum atomic E-state index is 13.7. The lowest BCUT2D eigenvalue weighted by molar-refractivity contribution is -0.132. The first-order chi connectivity index (χ1) is 22.1. The van der Waals surface area contributed by atoms with E-state index in [0.717, 1.165) is 67.6 Å². The Labute approximate surface area is 275 Å². The Morgan fingerprint density at radius 3 is 2.46 bits per heavy atom. The number of anilines is 2. The molecular formula is C38H43N5O2S. The molecule has 2 N–H and O–H groups in total. The normalized spacial score (nSPS) is 20.7. The number of nitrogens with one attached hydrogen (secondary N) is 2. The largest absolute Gasteiger partial charge is 0.333 e. The number of thiophene rings is 1. The van der Waals surface area contributed by atoms with Crippen molar-refractivity contribution in [2.45, 2.75) is 90.1 Å². The first-order valence-electron chi connectivity index (χ1n) is 16.5. The van der Waals surface area contributed by atoms with Crippen LogP contribution in [0.4, 0.5) is 16.3 Å². The van der Waals surface area contributed by atoms with Gasteiger partial charge in [-0.15, -0.1) is 11.3 Å². The number of rotatable bonds is 6. The smallest absolute Gasteiger partial charge is 0.324 e. The first kappa shape index (κ1) is 30.5. The molecule has 2 saturated heterocycles. The second-order valence-corrected chi connectivity index (χ2v) is 15.3. The van der Waals surface area contributed by atoms with Crippen molar-refractivity contribution >= 4 is 40.9 Å². The number of amides is 3. The summed E-state index contributed by atoms with van der Waals surface area (Å²) in [7, 11) is 0. The van der Waals surface area contributed by atoms with E-state index in [2.05, 4.69) is 72.9 Å². The second kappa shape index (κ2) is 12.2. The van der Waals surface area contributed by atoms with Crippen molar-refractivity contribution in [3.63, 3.8) is 0 Å². The molecule has 2 fully saturated rings. The number of hydrogen-bond donors (Lipinski definition) is 2. The lowest BCUT2D eigenvalue weighted by Crippen LogP contribution is -2.47. The average molecular weight is 634 g/mol. The molecule has 46 heavy (non-hydrogen) atoms. The van der Waals surface area contributed by atoms with Gasteiger partial charge in [-0.05, 0) is 111 Å². The minimum absolute atomic E-state index is 0.165. The number of carbonyl (C=O) groups excluding carboxylic acids is 2. The lowest BCUT2D eigenvalue weighted by Gasteiger charge is -2.40. The van der Waals surface area contributed by atoms with E-state index in [0.29, 0.717) is 23.8 Å². The molecular weight excluding hydrogens is 591 g/mol. The number of carbonyl (C=O) groups is 2. The van der Waals surface area contributed by atoms with E-state index >= 15 is 0 Å². The topological polar surface area (TPSA) is 79.3 Å². The van der Waals surface area contributed by atoms with Gasteiger partial charge in [0.05, 0.1) is 11.4 Å². The van der Waals surface area contributed by atoms with Crippen LogP contribution in [0.15, 0.2) is 71.6 Å². The molecule has 238 valence electrons. The van der Waals surface area contributed by atoms with Gasteiger partial charge in [0.25, 0.3) is 0 Å². The van der Waals surface area contributed by atoms with Crippen molar-refractivity contribution in [2.24, 2.45) is 5.92 Å². The van der Waals surface area contributed by atoms with Crippen molar-refractivity contribution in [1.82, 2.24) is 14.7 Å². The van der Waals surface area contributed by atoms with Crippen LogP contribution in [0.1, 0.15) is 80.1 Å². The van der Waals surface area contributed by atoms with Gasteiger partial charge in [-0.3, -0.25) is 10.1 Å². The fraction of sp³-hybridized carbons (Fsp3) is 0.395. The highest BCUT2D eigenvalue weighted by molar-refractivity contribution is 7.11. The van der Waals surface area contributed by atoms with Gasteiger partial charge in [-0.2, -0.15) is 5.10 Å². The molecule has 1 aliphatic carbocycles. The number of piperidine rings is 1. The van der Waals surface area contributed by atoms with E-state index in [1.807, 2.05) is 42.5 Å². The molecule has 0 spiro atoms. The summed E-state index contributed by atoms with van der Waals surface area (Å²) in [5.41, 5.74) is 7.13. The van der Waals surface area contributed by atoms with Crippen LogP contribution in [0.2, 0.25) is 0 Å². The summed E-state index contributed by atoms with van der Waals surface area (Å²) in [5.74, 6) is 1.41. The van der Waals surface area contributed by atoms with Crippen LogP contribution in [0, 0.1) is 12.8 Å². The number of nitrogens with zero attached hydrogens (tertiary/aromatic N) is 3. The molecule has 3 aliphatic rings. The van der Waals surface area contributed by atoms with Crippen LogP contribution in [-0.4, -0.2) is 38.7 Å². The standard InChI is InChI=1S/C38H43N5O2S/c1-24-8-12-30(13-9-24)43-35(23-34(41-43)38(2,3)4)40-37(45)39-29-7-5-6-25(19-29)18-26-20-31-14-15-32(21-26)42(31)36(44)28-11-10-27-16-17-46-33(27)22-28/h5-9,12-13,16-17,19,22-23,26,31-32H,10-11,14-15,18,20-21H2,1-4H3,(H2,39,40,45). The Balaban J connectivity index is 0.996. The van der Waals surface area contributed by atoms with Gasteiger partial charge in [0.1, 0.15) is 5.82 Å². The number of urea groups is 1. The third-order valence-corrected chi connectivity index (χ3v) is 10.7. The number of benzene rings is 2. The Bertz CT molecular complexity index is 1780. The molecule has 2 aromatic carbocycles. The fourth-order valence-corrected chi connectivity index (χ4v) is 8.32. The maximum Gasteiger partial charge on any atom is 0.324 e. The summed E-state index contributed by atoms with van der Waals surface area (Å²) in [5, 5.41) is 13.1. The Morgan fingerprint density at radius 1 is 0.957 bits per heavy atom. The molecule has 4 aromatic rings. The summed E-state index contributed by atoms with van der Waals surface area (Å²) in [6.45, 7) is 8.40. The van der Waals surface area contributed by atoms with Crippen molar-refractivity contribution < 1.29 is 9.59 Å². The van der Waals surface area contributed by atoms with E-state index in [1.54, 1.807) is 16.0 Å². The van der Waals surface area contributed by atoms with Crippen LogP contribution in [-0.2, 0) is 23.1 Å². The third-order valence-electron chi connectivity index (χ3n) is 9.80. The quantitative estimate of drug-likeness (QED) is 0.223. The summed E-state index contributed by atoms with van der Waals surface area (Å²) >= 11 is 1.74. The Hall–Kier alpha value is -4.17. The number of fused-ring (bicyclic) bond motifs is 3. The van der Waals surface area contributed by atoms with Crippen LogP contribution >= 0.6 is 11.3 Å². The summed E-state index contributed by atoms with van der Waals surface area (Å²) < 4.78 is 1.80. The zero-order valence-corrected chi connectivity index (χ0v) is 28.0. The molecule has 2 aromatic heterocycles. The van der Waals surface area contributed by atoms with E-state index in [4.69, 9.17) is 5.10 Å². The molecule has 7 nitrogen and oxygen atoms in total. The van der Waals surface area contributed by atoms with Crippen LogP contribution in [0.5, 0.6) is 0 Å². The van der Waals surface area contributed by atoms with Crippen molar-refractivity contribution in [1.29, 1.82) is 0 Å². The van der Waals surface area contributed by atoms with Gasteiger partial charge >= 0.3 is 6.03 Å². The van der Waals surface area contributed by atoms with E-state index in [-0.39, 0.29) is 17.4 Å². The van der Waals surface area contributed by atoms with Gasteiger partial charge < -0.3 is 10.2 Å². The van der Waals surface area contributed by atoms with E-state index in [1.165, 1.54) is 21.6 Å². The van der Waals surface area contributed by atoms with Crippen LogP contribution < -0.4 is 10.6 Å². The van der Waals surface area contributed by atoms with Gasteiger partial charge in [0.15, 0.2) is 0 Å². The molecule has 2 bridgehead atoms. The van der Waals surface area contributed by atoms with Gasteiger partial charge in [-0.25, -0.2) is 9.48 Å². The van der Waals surface area contributed by atoms with Crippen molar-refractivity contribution in [3.05, 3.63) is 98.9 Å². The highest BCUT2D eigenvalue weighted by Crippen LogP contribution is 2.42. The first-order valence-corrected chi connectivity index (χ1v) is 17.4. The minimum Gasteiger partial charge on any atom is -0.333 e. The molecule has 2 atom stereocenters. The predicted molar refractivity (Wildman–Crippen MR) is 187 cm³/mol. The lowest BCUT2D eigenvalue weighted by atomic mass is 9.85. The summed E-state index contributed by atoms with van der Waals surface area (Å²) in [6.07, 6.45) is 9.19. The Kier molecular flexibility index (Phi) is 8.09. The van der Waals surface area contributed by atoms with Crippen molar-refractivity contribution in [2.75, 3.05) is 10.6 Å². The predicted octanol–water partition coefficient (Wildman–Crippen LogP) is 8.53. The van der Waals surface area contributed by atoms with Gasteiger partial charge in [0.2, 0.25) is 5.91 Å². The van der Waals surface area contributed by atoms with Crippen LogP contribution in [0.3, 0.4) is 0 Å². The number of aryl methyl sites for hydroxylation is 2. The molecule has 7 rings (SSSR count).